The van der Waals surface area contributed by atoms with E-state index in [1.807, 2.05) is 22.4 Å². The van der Waals surface area contributed by atoms with Gasteiger partial charge >= 0.3 is 0 Å². The van der Waals surface area contributed by atoms with E-state index in [2.05, 4.69) is 18.1 Å². The summed E-state index contributed by atoms with van der Waals surface area (Å²) in [7, 11) is 0. The van der Waals surface area contributed by atoms with Crippen molar-refractivity contribution in [2.24, 2.45) is 5.92 Å². The maximum atomic E-state index is 12.6. The van der Waals surface area contributed by atoms with Crippen molar-refractivity contribution < 1.29 is 9.53 Å². The van der Waals surface area contributed by atoms with Gasteiger partial charge in [-0.3, -0.25) is 4.79 Å². The number of hydrogen-bond acceptors (Lipinski definition) is 4. The van der Waals surface area contributed by atoms with Gasteiger partial charge in [-0.15, -0.1) is 0 Å². The summed E-state index contributed by atoms with van der Waals surface area (Å²) in [4.78, 5) is 19.5. The van der Waals surface area contributed by atoms with Crippen LogP contribution in [0.15, 0.2) is 12.1 Å². The highest BCUT2D eigenvalue weighted by Gasteiger charge is 2.30. The van der Waals surface area contributed by atoms with E-state index in [0.717, 1.165) is 68.1 Å². The molecule has 0 N–H and O–H groups in total. The highest BCUT2D eigenvalue weighted by molar-refractivity contribution is 5.79. The summed E-state index contributed by atoms with van der Waals surface area (Å²) in [5.41, 5.74) is 4.16. The molecule has 1 amide bonds. The molecule has 134 valence electrons. The largest absolute Gasteiger partial charge is 0.381 e. The monoisotopic (exact) mass is 342 g/mol. The molecule has 2 aromatic heterocycles. The Bertz CT molecular complexity index is 771. The highest BCUT2D eigenvalue weighted by Crippen LogP contribution is 2.29. The number of amides is 1. The molecule has 0 aliphatic carbocycles. The van der Waals surface area contributed by atoms with E-state index >= 15 is 0 Å². The molecule has 0 saturated carbocycles. The first-order valence-corrected chi connectivity index (χ1v) is 9.32. The Balaban J connectivity index is 1.44. The summed E-state index contributed by atoms with van der Waals surface area (Å²) >= 11 is 0. The van der Waals surface area contributed by atoms with Crippen LogP contribution in [0.2, 0.25) is 0 Å². The predicted octanol–water partition coefficient (Wildman–Crippen LogP) is 2.48. The van der Waals surface area contributed by atoms with E-state index in [4.69, 9.17) is 9.72 Å². The molecule has 2 aliphatic rings. The van der Waals surface area contributed by atoms with E-state index in [9.17, 15) is 4.79 Å². The average molecular weight is 342 g/mol. The Morgan fingerprint density at radius 3 is 2.72 bits per heavy atom. The molecule has 0 aromatic carbocycles. The number of aromatic nitrogens is 3. The number of carbonyl (C=O) groups is 1. The number of piperidine rings is 1. The molecule has 25 heavy (non-hydrogen) atoms. The second kappa shape index (κ2) is 6.75. The third kappa shape index (κ3) is 3.27. The molecule has 1 unspecified atom stereocenters. The number of ether oxygens (including phenoxy) is 1. The topological polar surface area (TPSA) is 59.7 Å². The number of nitrogens with zero attached hydrogens (tertiary/aromatic N) is 4. The van der Waals surface area contributed by atoms with Crippen LogP contribution in [0.3, 0.4) is 0 Å². The third-order valence-corrected chi connectivity index (χ3v) is 5.48. The van der Waals surface area contributed by atoms with Gasteiger partial charge in [0, 0.05) is 43.1 Å². The van der Waals surface area contributed by atoms with E-state index in [0.29, 0.717) is 12.5 Å². The van der Waals surface area contributed by atoms with Crippen molar-refractivity contribution in [3.8, 4) is 0 Å². The van der Waals surface area contributed by atoms with E-state index in [-0.39, 0.29) is 11.8 Å². The van der Waals surface area contributed by atoms with Gasteiger partial charge in [0.25, 0.3) is 0 Å². The van der Waals surface area contributed by atoms with Crippen molar-refractivity contribution in [1.82, 2.24) is 19.5 Å². The fraction of sp³-hybridized carbons (Fsp3) is 0.632. The minimum absolute atomic E-state index is 0.0665. The fourth-order valence-electron chi connectivity index (χ4n) is 4.06. The van der Waals surface area contributed by atoms with Crippen molar-refractivity contribution in [2.45, 2.75) is 45.4 Å². The first-order valence-electron chi connectivity index (χ1n) is 9.32. The molecule has 2 saturated heterocycles. The molecule has 6 nitrogen and oxygen atoms in total. The van der Waals surface area contributed by atoms with Crippen molar-refractivity contribution in [3.05, 3.63) is 29.2 Å². The zero-order chi connectivity index (χ0) is 17.4. The van der Waals surface area contributed by atoms with Gasteiger partial charge in [0.15, 0.2) is 5.65 Å². The zero-order valence-corrected chi connectivity index (χ0v) is 15.1. The van der Waals surface area contributed by atoms with Crippen LogP contribution in [0, 0.1) is 19.8 Å². The zero-order valence-electron chi connectivity index (χ0n) is 15.1. The Hall–Kier alpha value is -1.95. The first-order chi connectivity index (χ1) is 12.1. The molecular formula is C19H26N4O2. The third-order valence-electron chi connectivity index (χ3n) is 5.48. The Kier molecular flexibility index (Phi) is 4.46. The summed E-state index contributed by atoms with van der Waals surface area (Å²) in [6.07, 6.45) is 3.93. The molecule has 1 atom stereocenters. The average Bonchev–Trinajstić information content (AvgIpc) is 3.03. The number of aryl methyl sites for hydroxylation is 2. The van der Waals surface area contributed by atoms with Gasteiger partial charge in [0.05, 0.1) is 18.2 Å². The van der Waals surface area contributed by atoms with Crippen molar-refractivity contribution in [3.63, 3.8) is 0 Å². The van der Waals surface area contributed by atoms with E-state index in [1.165, 1.54) is 0 Å². The standard InChI is InChI=1S/C19H26N4O2/c1-13-10-18-20-17(11-14(2)23(18)21-13)15-5-7-22(8-6-15)19(24)16-4-3-9-25-12-16/h10-11,15-16H,3-9,12H2,1-2H3. The smallest absolute Gasteiger partial charge is 0.228 e. The lowest BCUT2D eigenvalue weighted by atomic mass is 9.91. The molecule has 2 fully saturated rings. The highest BCUT2D eigenvalue weighted by atomic mass is 16.5. The predicted molar refractivity (Wildman–Crippen MR) is 94.6 cm³/mol. The summed E-state index contributed by atoms with van der Waals surface area (Å²) < 4.78 is 7.38. The number of likely N-dealkylation sites (tertiary alicyclic amines) is 1. The van der Waals surface area contributed by atoms with Crippen molar-refractivity contribution in [1.29, 1.82) is 0 Å². The fourth-order valence-corrected chi connectivity index (χ4v) is 4.06. The number of carbonyl (C=O) groups excluding carboxylic acids is 1. The summed E-state index contributed by atoms with van der Waals surface area (Å²) in [5, 5.41) is 4.48. The van der Waals surface area contributed by atoms with Crippen LogP contribution in [-0.4, -0.2) is 51.7 Å². The van der Waals surface area contributed by atoms with Gasteiger partial charge in [0.1, 0.15) is 0 Å². The molecule has 6 heteroatoms. The van der Waals surface area contributed by atoms with Crippen LogP contribution in [0.1, 0.15) is 48.7 Å². The molecule has 2 aromatic rings. The van der Waals surface area contributed by atoms with Gasteiger partial charge < -0.3 is 9.64 Å². The molecule has 0 bridgehead atoms. The second-order valence-electron chi connectivity index (χ2n) is 7.39. The van der Waals surface area contributed by atoms with Crippen LogP contribution >= 0.6 is 0 Å². The van der Waals surface area contributed by atoms with Crippen LogP contribution in [0.4, 0.5) is 0 Å². The van der Waals surface area contributed by atoms with E-state index in [1.54, 1.807) is 0 Å². The minimum Gasteiger partial charge on any atom is -0.381 e. The molecule has 0 radical (unpaired) electrons. The Morgan fingerprint density at radius 2 is 2.00 bits per heavy atom. The van der Waals surface area contributed by atoms with Gasteiger partial charge in [0.2, 0.25) is 5.91 Å². The summed E-state index contributed by atoms with van der Waals surface area (Å²) in [5.74, 6) is 0.770. The maximum absolute atomic E-state index is 12.6. The molecular weight excluding hydrogens is 316 g/mol. The van der Waals surface area contributed by atoms with Gasteiger partial charge in [-0.05, 0) is 45.6 Å². The lowest BCUT2D eigenvalue weighted by molar-refractivity contribution is -0.140. The Morgan fingerprint density at radius 1 is 1.20 bits per heavy atom. The molecule has 4 heterocycles. The Labute approximate surface area is 148 Å². The van der Waals surface area contributed by atoms with E-state index < -0.39 is 0 Å². The van der Waals surface area contributed by atoms with Crippen LogP contribution in [0.5, 0.6) is 0 Å². The number of rotatable bonds is 2. The second-order valence-corrected chi connectivity index (χ2v) is 7.39. The lowest BCUT2D eigenvalue weighted by Crippen LogP contribution is -2.43. The van der Waals surface area contributed by atoms with Crippen LogP contribution < -0.4 is 0 Å². The maximum Gasteiger partial charge on any atom is 0.228 e. The summed E-state index contributed by atoms with van der Waals surface area (Å²) in [6, 6.07) is 4.18. The molecule has 0 spiro atoms. The van der Waals surface area contributed by atoms with Crippen LogP contribution in [-0.2, 0) is 9.53 Å². The first kappa shape index (κ1) is 16.5. The SMILES string of the molecule is Cc1cc2nc(C3CCN(C(=O)C4CCCOC4)CC3)cc(C)n2n1. The van der Waals surface area contributed by atoms with Crippen molar-refractivity contribution in [2.75, 3.05) is 26.3 Å². The lowest BCUT2D eigenvalue weighted by Gasteiger charge is -2.35. The van der Waals surface area contributed by atoms with Crippen molar-refractivity contribution >= 4 is 11.6 Å². The van der Waals surface area contributed by atoms with Crippen LogP contribution in [0.25, 0.3) is 5.65 Å². The normalized spacial score (nSPS) is 22.5. The van der Waals surface area contributed by atoms with Gasteiger partial charge in [-0.25, -0.2) is 9.50 Å². The van der Waals surface area contributed by atoms with Gasteiger partial charge in [-0.1, -0.05) is 0 Å². The summed E-state index contributed by atoms with van der Waals surface area (Å²) in [6.45, 7) is 7.11. The van der Waals surface area contributed by atoms with Gasteiger partial charge in [-0.2, -0.15) is 5.10 Å². The number of hydrogen-bond donors (Lipinski definition) is 0. The molecule has 4 rings (SSSR count). The minimum atomic E-state index is 0.0665. The molecule has 2 aliphatic heterocycles. The number of fused-ring (bicyclic) bond motifs is 1. The quantitative estimate of drug-likeness (QED) is 0.841.